The summed E-state index contributed by atoms with van der Waals surface area (Å²) in [6, 6.07) is 16.0. The Kier molecular flexibility index (Phi) is 3.62. The van der Waals surface area contributed by atoms with Gasteiger partial charge in [0.2, 0.25) is 0 Å². The number of carbonyl (C=O) groups excluding carboxylic acids is 1. The van der Waals surface area contributed by atoms with E-state index < -0.39 is 0 Å². The highest BCUT2D eigenvalue weighted by Gasteiger charge is 2.30. The number of hydrogen-bond acceptors (Lipinski definition) is 1. The molecular formula is C17H16BrNO. The van der Waals surface area contributed by atoms with Crippen LogP contribution in [-0.2, 0) is 6.42 Å². The molecule has 3 heteroatoms. The normalized spacial score (nSPS) is 20.5. The van der Waals surface area contributed by atoms with Gasteiger partial charge in [-0.25, -0.2) is 0 Å². The van der Waals surface area contributed by atoms with Crippen molar-refractivity contribution in [3.05, 3.63) is 69.7 Å². The quantitative estimate of drug-likeness (QED) is 0.882. The maximum absolute atomic E-state index is 12.4. The monoisotopic (exact) mass is 329 g/mol. The summed E-state index contributed by atoms with van der Waals surface area (Å²) >= 11 is 3.40. The van der Waals surface area contributed by atoms with Gasteiger partial charge < -0.3 is 5.32 Å². The van der Waals surface area contributed by atoms with E-state index in [1.54, 1.807) is 0 Å². The first-order valence-corrected chi connectivity index (χ1v) is 7.58. The Morgan fingerprint density at radius 1 is 1.20 bits per heavy atom. The average Bonchev–Trinajstić information content (AvgIpc) is 2.75. The molecule has 0 saturated carbocycles. The van der Waals surface area contributed by atoms with Crippen LogP contribution in [0.4, 0.5) is 0 Å². The van der Waals surface area contributed by atoms with Crippen molar-refractivity contribution < 1.29 is 4.79 Å². The van der Waals surface area contributed by atoms with Gasteiger partial charge in [-0.3, -0.25) is 4.79 Å². The number of amides is 1. The Hall–Kier alpha value is -1.61. The van der Waals surface area contributed by atoms with Crippen molar-refractivity contribution in [2.45, 2.75) is 19.4 Å². The van der Waals surface area contributed by atoms with E-state index >= 15 is 0 Å². The SMILES string of the molecule is CC1Cc2ccccc2C1NC(=O)c1cccc(Br)c1. The Morgan fingerprint density at radius 2 is 2.00 bits per heavy atom. The zero-order valence-electron chi connectivity index (χ0n) is 11.3. The maximum atomic E-state index is 12.4. The van der Waals surface area contributed by atoms with Gasteiger partial charge >= 0.3 is 0 Å². The predicted octanol–water partition coefficient (Wildman–Crippen LogP) is 4.11. The first kappa shape index (κ1) is 13.4. The van der Waals surface area contributed by atoms with Gasteiger partial charge in [0.05, 0.1) is 6.04 Å². The lowest BCUT2D eigenvalue weighted by atomic mass is 10.0. The number of carbonyl (C=O) groups is 1. The Morgan fingerprint density at radius 3 is 2.80 bits per heavy atom. The number of nitrogens with one attached hydrogen (secondary N) is 1. The molecule has 1 amide bonds. The second kappa shape index (κ2) is 5.41. The molecule has 0 fully saturated rings. The van der Waals surface area contributed by atoms with Crippen LogP contribution in [-0.4, -0.2) is 5.91 Å². The van der Waals surface area contributed by atoms with Gasteiger partial charge in [-0.15, -0.1) is 0 Å². The van der Waals surface area contributed by atoms with E-state index in [-0.39, 0.29) is 11.9 Å². The van der Waals surface area contributed by atoms with Crippen LogP contribution in [0.2, 0.25) is 0 Å². The molecule has 20 heavy (non-hydrogen) atoms. The number of rotatable bonds is 2. The topological polar surface area (TPSA) is 29.1 Å². The van der Waals surface area contributed by atoms with Crippen molar-refractivity contribution >= 4 is 21.8 Å². The molecule has 2 atom stereocenters. The van der Waals surface area contributed by atoms with E-state index in [2.05, 4.69) is 46.4 Å². The molecule has 0 saturated heterocycles. The highest BCUT2D eigenvalue weighted by Crippen LogP contribution is 2.35. The molecule has 1 N–H and O–H groups in total. The van der Waals surface area contributed by atoms with Gasteiger partial charge in [-0.2, -0.15) is 0 Å². The van der Waals surface area contributed by atoms with Gasteiger partial charge in [-0.1, -0.05) is 53.2 Å². The first-order chi connectivity index (χ1) is 9.65. The lowest BCUT2D eigenvalue weighted by Gasteiger charge is -2.19. The predicted molar refractivity (Wildman–Crippen MR) is 83.7 cm³/mol. The van der Waals surface area contributed by atoms with Crippen molar-refractivity contribution in [1.29, 1.82) is 0 Å². The van der Waals surface area contributed by atoms with Gasteiger partial charge in [0, 0.05) is 10.0 Å². The highest BCUT2D eigenvalue weighted by molar-refractivity contribution is 9.10. The minimum atomic E-state index is -0.0140. The molecule has 102 valence electrons. The molecule has 2 aromatic carbocycles. The molecule has 0 bridgehead atoms. The van der Waals surface area contributed by atoms with E-state index in [1.165, 1.54) is 11.1 Å². The number of fused-ring (bicyclic) bond motifs is 1. The van der Waals surface area contributed by atoms with E-state index in [4.69, 9.17) is 0 Å². The van der Waals surface area contributed by atoms with E-state index in [1.807, 2.05) is 30.3 Å². The third-order valence-electron chi connectivity index (χ3n) is 3.87. The molecule has 0 heterocycles. The summed E-state index contributed by atoms with van der Waals surface area (Å²) in [5.74, 6) is 0.420. The van der Waals surface area contributed by atoms with Crippen molar-refractivity contribution in [2.75, 3.05) is 0 Å². The fourth-order valence-corrected chi connectivity index (χ4v) is 3.27. The number of halogens is 1. The van der Waals surface area contributed by atoms with Crippen molar-refractivity contribution in [3.63, 3.8) is 0 Å². The van der Waals surface area contributed by atoms with Gasteiger partial charge in [0.1, 0.15) is 0 Å². The average molecular weight is 330 g/mol. The van der Waals surface area contributed by atoms with Gasteiger partial charge in [0.25, 0.3) is 5.91 Å². The lowest BCUT2D eigenvalue weighted by molar-refractivity contribution is 0.0927. The van der Waals surface area contributed by atoms with Gasteiger partial charge in [-0.05, 0) is 41.7 Å². The summed E-state index contributed by atoms with van der Waals surface area (Å²) < 4.78 is 0.921. The Bertz CT molecular complexity index is 653. The fourth-order valence-electron chi connectivity index (χ4n) is 2.87. The van der Waals surface area contributed by atoms with E-state index in [0.717, 1.165) is 10.9 Å². The summed E-state index contributed by atoms with van der Waals surface area (Å²) in [5.41, 5.74) is 3.29. The molecule has 0 spiro atoms. The molecule has 0 aliphatic heterocycles. The first-order valence-electron chi connectivity index (χ1n) is 6.79. The number of benzene rings is 2. The summed E-state index contributed by atoms with van der Waals surface area (Å²) in [5, 5.41) is 3.17. The van der Waals surface area contributed by atoms with Crippen LogP contribution in [0.15, 0.2) is 53.0 Å². The van der Waals surface area contributed by atoms with Crippen molar-refractivity contribution in [1.82, 2.24) is 5.32 Å². The van der Waals surface area contributed by atoms with E-state index in [0.29, 0.717) is 11.5 Å². The molecule has 2 aromatic rings. The molecule has 1 aliphatic carbocycles. The standard InChI is InChI=1S/C17H16BrNO/c1-11-9-12-5-2-3-8-15(12)16(11)19-17(20)13-6-4-7-14(18)10-13/h2-8,10-11,16H,9H2,1H3,(H,19,20). The van der Waals surface area contributed by atoms with Crippen LogP contribution in [0.5, 0.6) is 0 Å². The summed E-state index contributed by atoms with van der Waals surface area (Å²) in [6.07, 6.45) is 1.03. The van der Waals surface area contributed by atoms with Crippen LogP contribution in [0.1, 0.15) is 34.5 Å². The summed E-state index contributed by atoms with van der Waals surface area (Å²) in [6.45, 7) is 2.19. The van der Waals surface area contributed by atoms with Gasteiger partial charge in [0.15, 0.2) is 0 Å². The molecule has 2 unspecified atom stereocenters. The van der Waals surface area contributed by atoms with Crippen LogP contribution < -0.4 is 5.32 Å². The molecule has 3 rings (SSSR count). The van der Waals surface area contributed by atoms with Crippen LogP contribution >= 0.6 is 15.9 Å². The lowest BCUT2D eigenvalue weighted by Crippen LogP contribution is -2.30. The molecule has 1 aliphatic rings. The highest BCUT2D eigenvalue weighted by atomic mass is 79.9. The summed E-state index contributed by atoms with van der Waals surface area (Å²) in [7, 11) is 0. The van der Waals surface area contributed by atoms with Crippen LogP contribution in [0.3, 0.4) is 0 Å². The fraction of sp³-hybridized carbons (Fsp3) is 0.235. The Balaban J connectivity index is 1.83. The van der Waals surface area contributed by atoms with Crippen LogP contribution in [0.25, 0.3) is 0 Å². The van der Waals surface area contributed by atoms with E-state index in [9.17, 15) is 4.79 Å². The molecule has 0 aromatic heterocycles. The van der Waals surface area contributed by atoms with Crippen LogP contribution in [0, 0.1) is 5.92 Å². The zero-order valence-corrected chi connectivity index (χ0v) is 12.9. The second-order valence-electron chi connectivity index (χ2n) is 5.34. The third kappa shape index (κ3) is 2.50. The second-order valence-corrected chi connectivity index (χ2v) is 6.26. The summed E-state index contributed by atoms with van der Waals surface area (Å²) in [4.78, 5) is 12.4. The third-order valence-corrected chi connectivity index (χ3v) is 4.37. The largest absolute Gasteiger partial charge is 0.345 e. The zero-order chi connectivity index (χ0) is 14.1. The molecular weight excluding hydrogens is 314 g/mol. The molecule has 0 radical (unpaired) electrons. The smallest absolute Gasteiger partial charge is 0.251 e. The molecule has 2 nitrogen and oxygen atoms in total. The minimum Gasteiger partial charge on any atom is -0.345 e. The number of hydrogen-bond donors (Lipinski definition) is 1. The van der Waals surface area contributed by atoms with Crippen molar-refractivity contribution in [3.8, 4) is 0 Å². The minimum absolute atomic E-state index is 0.0140. The van der Waals surface area contributed by atoms with Crippen molar-refractivity contribution in [2.24, 2.45) is 5.92 Å². The Labute approximate surface area is 127 Å². The maximum Gasteiger partial charge on any atom is 0.251 e.